The molecule has 0 aromatic carbocycles. The molecule has 0 heterocycles. The number of carbonyl (C=O) groups is 1. The molecule has 60 valence electrons. The summed E-state index contributed by atoms with van der Waals surface area (Å²) >= 11 is 4.01. The van der Waals surface area contributed by atoms with Gasteiger partial charge < -0.3 is 4.74 Å². The average Bonchev–Trinajstić information content (AvgIpc) is 1.89. The van der Waals surface area contributed by atoms with E-state index in [2.05, 4.69) is 22.6 Å². The molecular weight excluding hydrogens is 263 g/mol. The number of alkyl halides is 1. The summed E-state index contributed by atoms with van der Waals surface area (Å²) in [6.07, 6.45) is 0.543. The van der Waals surface area contributed by atoms with Crippen molar-refractivity contribution in [2.24, 2.45) is 0 Å². The minimum Gasteiger partial charge on any atom is -0.466 e. The van der Waals surface area contributed by atoms with E-state index in [1.807, 2.05) is 6.92 Å². The minimum absolute atomic E-state index is 0.0835. The van der Waals surface area contributed by atoms with Gasteiger partial charge in [0.05, 0.1) is 13.0 Å². The van der Waals surface area contributed by atoms with Crippen molar-refractivity contribution in [1.29, 1.82) is 0 Å². The highest BCUT2D eigenvalue weighted by Crippen LogP contribution is 2.06. The molecule has 0 unspecified atom stereocenters. The first-order valence-corrected chi connectivity index (χ1v) is 5.78. The number of ether oxygens (including phenoxy) is 1. The summed E-state index contributed by atoms with van der Waals surface area (Å²) in [6.45, 7) is 2.32. The Morgan fingerprint density at radius 1 is 1.70 bits per heavy atom. The van der Waals surface area contributed by atoms with Gasteiger partial charge in [0.25, 0.3) is 0 Å². The standard InChI is InChI=1S/C6H11IO2S/c1-2-9-6(8)3-4-10-5-7/h2-5H2,1H3. The highest BCUT2D eigenvalue weighted by atomic mass is 127. The van der Waals surface area contributed by atoms with Crippen LogP contribution < -0.4 is 0 Å². The van der Waals surface area contributed by atoms with E-state index in [1.54, 1.807) is 11.8 Å². The second-order valence-electron chi connectivity index (χ2n) is 1.57. The van der Waals surface area contributed by atoms with Gasteiger partial charge in [-0.3, -0.25) is 4.79 Å². The van der Waals surface area contributed by atoms with E-state index in [0.29, 0.717) is 13.0 Å². The van der Waals surface area contributed by atoms with Crippen LogP contribution in [0.1, 0.15) is 13.3 Å². The first-order valence-electron chi connectivity index (χ1n) is 3.10. The van der Waals surface area contributed by atoms with Crippen LogP contribution in [0, 0.1) is 0 Å². The Morgan fingerprint density at radius 2 is 2.40 bits per heavy atom. The molecular formula is C6H11IO2S. The third-order valence-corrected chi connectivity index (χ3v) is 2.80. The molecule has 0 fully saturated rings. The SMILES string of the molecule is CCOC(=O)CCSCI. The zero-order valence-corrected chi connectivity index (χ0v) is 8.91. The maximum absolute atomic E-state index is 10.7. The van der Waals surface area contributed by atoms with E-state index < -0.39 is 0 Å². The number of thioether (sulfide) groups is 1. The topological polar surface area (TPSA) is 26.3 Å². The third-order valence-electron chi connectivity index (χ3n) is 0.833. The Kier molecular flexibility index (Phi) is 8.08. The number of esters is 1. The van der Waals surface area contributed by atoms with Crippen LogP contribution in [-0.2, 0) is 9.53 Å². The predicted octanol–water partition coefficient (Wildman–Crippen LogP) is 2.07. The Hall–Kier alpha value is 0.550. The molecule has 10 heavy (non-hydrogen) atoms. The van der Waals surface area contributed by atoms with Crippen molar-refractivity contribution in [3.8, 4) is 0 Å². The fourth-order valence-corrected chi connectivity index (χ4v) is 1.80. The summed E-state index contributed by atoms with van der Waals surface area (Å²) in [5.74, 6) is 0.793. The van der Waals surface area contributed by atoms with Crippen molar-refractivity contribution in [3.05, 3.63) is 0 Å². The molecule has 0 rings (SSSR count). The summed E-state index contributed by atoms with van der Waals surface area (Å²) in [6, 6.07) is 0. The Labute approximate surface area is 79.2 Å². The zero-order valence-electron chi connectivity index (χ0n) is 5.93. The van der Waals surface area contributed by atoms with Crippen molar-refractivity contribution < 1.29 is 9.53 Å². The molecule has 0 aliphatic rings. The lowest BCUT2D eigenvalue weighted by Crippen LogP contribution is -2.04. The number of rotatable bonds is 5. The van der Waals surface area contributed by atoms with Crippen LogP contribution in [0.15, 0.2) is 0 Å². The van der Waals surface area contributed by atoms with E-state index >= 15 is 0 Å². The number of carbonyl (C=O) groups excluding carboxylic acids is 1. The maximum Gasteiger partial charge on any atom is 0.306 e. The molecule has 0 amide bonds. The van der Waals surface area contributed by atoms with Gasteiger partial charge in [-0.25, -0.2) is 0 Å². The van der Waals surface area contributed by atoms with Gasteiger partial charge in [0.1, 0.15) is 0 Å². The quantitative estimate of drug-likeness (QED) is 0.332. The van der Waals surface area contributed by atoms with Gasteiger partial charge in [-0.05, 0) is 6.92 Å². The molecule has 0 saturated carbocycles. The summed E-state index contributed by atoms with van der Waals surface area (Å²) in [4.78, 5) is 10.7. The summed E-state index contributed by atoms with van der Waals surface area (Å²) < 4.78 is 5.77. The number of halogens is 1. The van der Waals surface area contributed by atoms with Gasteiger partial charge in [-0.15, -0.1) is 0 Å². The lowest BCUT2D eigenvalue weighted by atomic mass is 10.5. The molecule has 0 saturated heterocycles. The molecule has 0 aromatic rings. The largest absolute Gasteiger partial charge is 0.466 e. The van der Waals surface area contributed by atoms with Crippen LogP contribution >= 0.6 is 34.4 Å². The van der Waals surface area contributed by atoms with Crippen LogP contribution in [0.5, 0.6) is 0 Å². The lowest BCUT2D eigenvalue weighted by Gasteiger charge is -1.98. The van der Waals surface area contributed by atoms with E-state index in [9.17, 15) is 4.79 Å². The summed E-state index contributed by atoms with van der Waals surface area (Å²) in [5.41, 5.74) is 0. The second-order valence-corrected chi connectivity index (χ2v) is 4.48. The van der Waals surface area contributed by atoms with Gasteiger partial charge >= 0.3 is 5.97 Å². The Bertz CT molecular complexity index is 97.7. The monoisotopic (exact) mass is 274 g/mol. The van der Waals surface area contributed by atoms with Gasteiger partial charge in [-0.2, -0.15) is 11.8 Å². The van der Waals surface area contributed by atoms with Crippen molar-refractivity contribution in [2.75, 3.05) is 16.1 Å². The fourth-order valence-electron chi connectivity index (χ4n) is 0.443. The van der Waals surface area contributed by atoms with E-state index in [0.717, 1.165) is 9.51 Å². The van der Waals surface area contributed by atoms with Gasteiger partial charge in [-0.1, -0.05) is 22.6 Å². The van der Waals surface area contributed by atoms with Gasteiger partial charge in [0.15, 0.2) is 0 Å². The van der Waals surface area contributed by atoms with Crippen LogP contribution in [0.25, 0.3) is 0 Å². The predicted molar refractivity (Wildman–Crippen MR) is 52.6 cm³/mol. The smallest absolute Gasteiger partial charge is 0.306 e. The van der Waals surface area contributed by atoms with E-state index in [1.165, 1.54) is 0 Å². The highest BCUT2D eigenvalue weighted by molar-refractivity contribution is 14.1. The van der Waals surface area contributed by atoms with Crippen molar-refractivity contribution in [3.63, 3.8) is 0 Å². The summed E-state index contributed by atoms with van der Waals surface area (Å²) in [7, 11) is 0. The molecule has 0 N–H and O–H groups in total. The van der Waals surface area contributed by atoms with E-state index in [4.69, 9.17) is 4.74 Å². The number of hydrogen-bond acceptors (Lipinski definition) is 3. The normalized spacial score (nSPS) is 9.40. The Balaban J connectivity index is 3.05. The first kappa shape index (κ1) is 10.6. The molecule has 0 spiro atoms. The molecule has 2 nitrogen and oxygen atoms in total. The first-order chi connectivity index (χ1) is 4.81. The Morgan fingerprint density at radius 3 is 2.90 bits per heavy atom. The van der Waals surface area contributed by atoms with Crippen molar-refractivity contribution in [1.82, 2.24) is 0 Å². The molecule has 0 radical (unpaired) electrons. The molecule has 0 aliphatic carbocycles. The fraction of sp³-hybridized carbons (Fsp3) is 0.833. The van der Waals surface area contributed by atoms with Crippen molar-refractivity contribution >= 4 is 40.3 Å². The van der Waals surface area contributed by atoms with Gasteiger partial charge in [0, 0.05) is 9.51 Å². The van der Waals surface area contributed by atoms with E-state index in [-0.39, 0.29) is 5.97 Å². The average molecular weight is 274 g/mol. The molecule has 0 bridgehead atoms. The molecule has 0 aromatic heterocycles. The maximum atomic E-state index is 10.7. The number of hydrogen-bond donors (Lipinski definition) is 0. The van der Waals surface area contributed by atoms with Crippen LogP contribution in [0.3, 0.4) is 0 Å². The van der Waals surface area contributed by atoms with Gasteiger partial charge in [0.2, 0.25) is 0 Å². The lowest BCUT2D eigenvalue weighted by molar-refractivity contribution is -0.142. The molecule has 0 atom stereocenters. The third kappa shape index (κ3) is 6.67. The molecule has 0 aliphatic heterocycles. The summed E-state index contributed by atoms with van der Waals surface area (Å²) in [5, 5.41) is 0. The van der Waals surface area contributed by atoms with Crippen LogP contribution in [-0.4, -0.2) is 22.1 Å². The van der Waals surface area contributed by atoms with Crippen LogP contribution in [0.2, 0.25) is 0 Å². The van der Waals surface area contributed by atoms with Crippen molar-refractivity contribution in [2.45, 2.75) is 13.3 Å². The second kappa shape index (κ2) is 7.65. The zero-order chi connectivity index (χ0) is 7.82. The van der Waals surface area contributed by atoms with Crippen LogP contribution in [0.4, 0.5) is 0 Å². The minimum atomic E-state index is -0.0835. The molecule has 4 heteroatoms. The highest BCUT2D eigenvalue weighted by Gasteiger charge is 1.99.